The quantitative estimate of drug-likeness (QED) is 0.351. The summed E-state index contributed by atoms with van der Waals surface area (Å²) in [5.74, 6) is 0.950. The lowest BCUT2D eigenvalue weighted by Crippen LogP contribution is -1.97. The molecule has 0 aliphatic carbocycles. The van der Waals surface area contributed by atoms with Gasteiger partial charge in [0.25, 0.3) is 0 Å². The minimum absolute atomic E-state index is 0.748. The van der Waals surface area contributed by atoms with E-state index in [-0.39, 0.29) is 0 Å². The van der Waals surface area contributed by atoms with E-state index in [4.69, 9.17) is 16.6 Å². The molecule has 2 nitrogen and oxygen atoms in total. The first kappa shape index (κ1) is 14.5. The minimum Gasteiger partial charge on any atom is -0.293 e. The van der Waals surface area contributed by atoms with Crippen LogP contribution in [-0.2, 0) is 0 Å². The molecule has 0 aliphatic heterocycles. The summed E-state index contributed by atoms with van der Waals surface area (Å²) < 4.78 is 2.23. The van der Waals surface area contributed by atoms with Crippen LogP contribution in [0.2, 0.25) is 5.02 Å². The summed E-state index contributed by atoms with van der Waals surface area (Å²) in [6.07, 6.45) is 0. The third-order valence-corrected chi connectivity index (χ3v) is 4.93. The number of rotatable bonds is 1. The zero-order valence-corrected chi connectivity index (χ0v) is 14.5. The molecule has 0 aliphatic rings. The summed E-state index contributed by atoms with van der Waals surface area (Å²) in [4.78, 5) is 4.98. The van der Waals surface area contributed by atoms with E-state index in [9.17, 15) is 0 Å². The number of aromatic nitrogens is 2. The predicted octanol–water partition coefficient (Wildman–Crippen LogP) is 6.27. The monoisotopic (exact) mass is 342 g/mol. The Hall–Kier alpha value is -2.84. The van der Waals surface area contributed by atoms with Gasteiger partial charge in [0.1, 0.15) is 5.82 Å². The summed E-state index contributed by atoms with van der Waals surface area (Å²) in [5.41, 5.74) is 5.62. The maximum atomic E-state index is 6.21. The first-order valence-corrected chi connectivity index (χ1v) is 8.65. The molecule has 120 valence electrons. The molecular formula is C22H15ClN2. The Morgan fingerprint density at radius 3 is 2.48 bits per heavy atom. The average Bonchev–Trinajstić information content (AvgIpc) is 3.00. The summed E-state index contributed by atoms with van der Waals surface area (Å²) >= 11 is 6.21. The molecule has 2 heterocycles. The van der Waals surface area contributed by atoms with Gasteiger partial charge in [-0.3, -0.25) is 4.40 Å². The summed E-state index contributed by atoms with van der Waals surface area (Å²) in [5, 5.41) is 3.02. The predicted molar refractivity (Wildman–Crippen MR) is 105 cm³/mol. The Kier molecular flexibility index (Phi) is 3.09. The summed E-state index contributed by atoms with van der Waals surface area (Å²) in [7, 11) is 0. The topological polar surface area (TPSA) is 17.3 Å². The van der Waals surface area contributed by atoms with Crippen LogP contribution in [0.1, 0.15) is 5.56 Å². The number of para-hydroxylation sites is 1. The maximum Gasteiger partial charge on any atom is 0.145 e. The van der Waals surface area contributed by atoms with E-state index in [0.717, 1.165) is 43.7 Å². The largest absolute Gasteiger partial charge is 0.293 e. The van der Waals surface area contributed by atoms with Crippen molar-refractivity contribution >= 4 is 38.9 Å². The Labute approximate surface area is 150 Å². The molecule has 3 aromatic carbocycles. The van der Waals surface area contributed by atoms with Crippen LogP contribution in [0.15, 0.2) is 72.8 Å². The molecule has 0 saturated heterocycles. The highest BCUT2D eigenvalue weighted by molar-refractivity contribution is 6.31. The average molecular weight is 343 g/mol. The SMILES string of the molecule is Cc1ccc(-c2nc3ccccc3c3cc4cc(Cl)ccc4n23)cc1. The van der Waals surface area contributed by atoms with E-state index >= 15 is 0 Å². The van der Waals surface area contributed by atoms with Gasteiger partial charge in [0.2, 0.25) is 0 Å². The van der Waals surface area contributed by atoms with Crippen molar-refractivity contribution in [2.24, 2.45) is 0 Å². The number of nitrogens with zero attached hydrogens (tertiary/aromatic N) is 2. The summed E-state index contributed by atoms with van der Waals surface area (Å²) in [6.45, 7) is 2.10. The number of aryl methyl sites for hydroxylation is 1. The van der Waals surface area contributed by atoms with Crippen LogP contribution in [0, 0.1) is 6.92 Å². The van der Waals surface area contributed by atoms with Crippen molar-refractivity contribution in [1.29, 1.82) is 0 Å². The third kappa shape index (κ3) is 2.22. The second kappa shape index (κ2) is 5.33. The normalized spacial score (nSPS) is 11.6. The van der Waals surface area contributed by atoms with Crippen LogP contribution in [0.5, 0.6) is 0 Å². The standard InChI is InChI=1S/C22H15ClN2/c1-14-6-8-15(9-7-14)22-24-19-5-3-2-4-18(19)21-13-16-12-17(23)10-11-20(16)25(21)22/h2-13H,1H3. The highest BCUT2D eigenvalue weighted by Crippen LogP contribution is 2.32. The van der Waals surface area contributed by atoms with Crippen molar-refractivity contribution in [2.75, 3.05) is 0 Å². The van der Waals surface area contributed by atoms with Crippen LogP contribution in [0.3, 0.4) is 0 Å². The highest BCUT2D eigenvalue weighted by atomic mass is 35.5. The molecule has 0 fully saturated rings. The van der Waals surface area contributed by atoms with Gasteiger partial charge in [-0.15, -0.1) is 0 Å². The van der Waals surface area contributed by atoms with Gasteiger partial charge in [0, 0.05) is 21.4 Å². The lowest BCUT2D eigenvalue weighted by molar-refractivity contribution is 1.17. The van der Waals surface area contributed by atoms with E-state index in [0.29, 0.717) is 0 Å². The molecule has 0 N–H and O–H groups in total. The molecule has 0 unspecified atom stereocenters. The van der Waals surface area contributed by atoms with E-state index in [1.807, 2.05) is 18.2 Å². The van der Waals surface area contributed by atoms with Gasteiger partial charge in [0.05, 0.1) is 16.6 Å². The first-order valence-electron chi connectivity index (χ1n) is 8.27. The van der Waals surface area contributed by atoms with Gasteiger partial charge < -0.3 is 0 Å². The first-order chi connectivity index (χ1) is 12.2. The molecule has 0 atom stereocenters. The lowest BCUT2D eigenvalue weighted by atomic mass is 10.1. The lowest BCUT2D eigenvalue weighted by Gasteiger charge is -2.10. The molecule has 3 heteroatoms. The van der Waals surface area contributed by atoms with Crippen molar-refractivity contribution < 1.29 is 0 Å². The van der Waals surface area contributed by atoms with Gasteiger partial charge in [-0.25, -0.2) is 4.98 Å². The van der Waals surface area contributed by atoms with Crippen molar-refractivity contribution in [3.63, 3.8) is 0 Å². The summed E-state index contributed by atoms with van der Waals surface area (Å²) in [6, 6.07) is 25.0. The van der Waals surface area contributed by atoms with Gasteiger partial charge in [-0.05, 0) is 37.3 Å². The number of fused-ring (bicyclic) bond motifs is 5. The Morgan fingerprint density at radius 2 is 1.64 bits per heavy atom. The van der Waals surface area contributed by atoms with Gasteiger partial charge in [0.15, 0.2) is 0 Å². The Morgan fingerprint density at radius 1 is 0.840 bits per heavy atom. The number of benzene rings is 3. The number of hydrogen-bond acceptors (Lipinski definition) is 1. The second-order valence-electron chi connectivity index (χ2n) is 6.39. The van der Waals surface area contributed by atoms with E-state index < -0.39 is 0 Å². The minimum atomic E-state index is 0.748. The Bertz CT molecular complexity index is 1250. The molecule has 5 rings (SSSR count). The van der Waals surface area contributed by atoms with Crippen molar-refractivity contribution in [3.8, 4) is 11.4 Å². The maximum absolute atomic E-state index is 6.21. The highest BCUT2D eigenvalue weighted by Gasteiger charge is 2.13. The van der Waals surface area contributed by atoms with Crippen LogP contribution in [0.25, 0.3) is 38.7 Å². The van der Waals surface area contributed by atoms with E-state index in [1.54, 1.807) is 0 Å². The molecule has 2 aromatic heterocycles. The van der Waals surface area contributed by atoms with Crippen LogP contribution in [0.4, 0.5) is 0 Å². The smallest absolute Gasteiger partial charge is 0.145 e. The van der Waals surface area contributed by atoms with Crippen molar-refractivity contribution in [2.45, 2.75) is 6.92 Å². The van der Waals surface area contributed by atoms with Crippen molar-refractivity contribution in [3.05, 3.63) is 83.4 Å². The molecule has 0 amide bonds. The van der Waals surface area contributed by atoms with E-state index in [2.05, 4.69) is 65.9 Å². The van der Waals surface area contributed by atoms with Gasteiger partial charge >= 0.3 is 0 Å². The third-order valence-electron chi connectivity index (χ3n) is 4.69. The zero-order valence-electron chi connectivity index (χ0n) is 13.7. The second-order valence-corrected chi connectivity index (χ2v) is 6.82. The molecule has 0 radical (unpaired) electrons. The fourth-order valence-electron chi connectivity index (χ4n) is 3.46. The fourth-order valence-corrected chi connectivity index (χ4v) is 3.64. The zero-order chi connectivity index (χ0) is 17.0. The molecule has 0 bridgehead atoms. The number of halogens is 1. The van der Waals surface area contributed by atoms with E-state index in [1.165, 1.54) is 5.56 Å². The molecule has 5 aromatic rings. The Balaban J connectivity index is 2.00. The van der Waals surface area contributed by atoms with Gasteiger partial charge in [-0.1, -0.05) is 59.6 Å². The molecule has 0 spiro atoms. The molecule has 0 saturated carbocycles. The van der Waals surface area contributed by atoms with Crippen molar-refractivity contribution in [1.82, 2.24) is 9.38 Å². The molecular weight excluding hydrogens is 328 g/mol. The van der Waals surface area contributed by atoms with Crippen LogP contribution in [-0.4, -0.2) is 9.38 Å². The molecule has 25 heavy (non-hydrogen) atoms. The fraction of sp³-hybridized carbons (Fsp3) is 0.0455. The van der Waals surface area contributed by atoms with Crippen LogP contribution >= 0.6 is 11.6 Å². The van der Waals surface area contributed by atoms with Crippen LogP contribution < -0.4 is 0 Å². The number of hydrogen-bond donors (Lipinski definition) is 0. The van der Waals surface area contributed by atoms with Gasteiger partial charge in [-0.2, -0.15) is 0 Å².